The Hall–Kier alpha value is -2.60. The Morgan fingerprint density at radius 1 is 0.727 bits per heavy atom. The second-order valence-corrected chi connectivity index (χ2v) is 10.5. The maximum absolute atomic E-state index is 12.5. The fourth-order valence-electron chi connectivity index (χ4n) is 4.14. The van der Waals surface area contributed by atoms with Gasteiger partial charge in [-0.3, -0.25) is 9.59 Å². The molecule has 1 rings (SSSR count). The summed E-state index contributed by atoms with van der Waals surface area (Å²) < 4.78 is 21.6. The first-order chi connectivity index (χ1) is 21.3. The molecule has 0 aliphatic carbocycles. The quantitative estimate of drug-likeness (QED) is 0.0734. The van der Waals surface area contributed by atoms with Gasteiger partial charge in [-0.25, -0.2) is 0 Å². The van der Waals surface area contributed by atoms with Crippen LogP contribution in [0.15, 0.2) is 60.8 Å². The van der Waals surface area contributed by atoms with Crippen LogP contribution in [0.4, 0.5) is 0 Å². The molecule has 0 aromatic heterocycles. The summed E-state index contributed by atoms with van der Waals surface area (Å²) in [5, 5.41) is 39.6. The molecule has 6 atom stereocenters. The average Bonchev–Trinajstić information content (AvgIpc) is 3.02. The van der Waals surface area contributed by atoms with Crippen LogP contribution >= 0.6 is 0 Å². The molecule has 0 aromatic carbocycles. The molecule has 4 N–H and O–H groups in total. The lowest BCUT2D eigenvalue weighted by Crippen LogP contribution is -2.59. The van der Waals surface area contributed by atoms with E-state index in [-0.39, 0.29) is 26.1 Å². The fraction of sp³-hybridized carbons (Fsp3) is 0.647. The van der Waals surface area contributed by atoms with Crippen LogP contribution in [0.25, 0.3) is 0 Å². The number of hydrogen-bond donors (Lipinski definition) is 4. The normalized spacial score (nSPS) is 23.5. The highest BCUT2D eigenvalue weighted by molar-refractivity contribution is 5.71. The molecule has 1 fully saturated rings. The number of esters is 2. The van der Waals surface area contributed by atoms with Crippen molar-refractivity contribution in [3.8, 4) is 0 Å². The van der Waals surface area contributed by atoms with Gasteiger partial charge in [0.05, 0.1) is 19.6 Å². The smallest absolute Gasteiger partial charge is 0.310 e. The van der Waals surface area contributed by atoms with E-state index in [1.165, 1.54) is 0 Å². The Bertz CT molecular complexity index is 908. The summed E-state index contributed by atoms with van der Waals surface area (Å²) in [5.41, 5.74) is 0. The van der Waals surface area contributed by atoms with Gasteiger partial charge in [-0.2, -0.15) is 0 Å². The van der Waals surface area contributed by atoms with E-state index in [0.717, 1.165) is 44.9 Å². The summed E-state index contributed by atoms with van der Waals surface area (Å²) in [5.74, 6) is -0.986. The van der Waals surface area contributed by atoms with Crippen LogP contribution in [0.5, 0.6) is 0 Å². The molecule has 10 nitrogen and oxygen atoms in total. The predicted octanol–water partition coefficient (Wildman–Crippen LogP) is 4.37. The molecule has 0 aromatic rings. The van der Waals surface area contributed by atoms with Crippen LogP contribution in [0.1, 0.15) is 84.5 Å². The van der Waals surface area contributed by atoms with Crippen molar-refractivity contribution in [3.05, 3.63) is 60.8 Å². The van der Waals surface area contributed by atoms with Crippen molar-refractivity contribution >= 4 is 11.9 Å². The van der Waals surface area contributed by atoms with Gasteiger partial charge in [-0.1, -0.05) is 93.9 Å². The van der Waals surface area contributed by atoms with Gasteiger partial charge in [0.1, 0.15) is 31.0 Å². The summed E-state index contributed by atoms with van der Waals surface area (Å²) in [7, 11) is 0. The van der Waals surface area contributed by atoms with E-state index >= 15 is 0 Å². The van der Waals surface area contributed by atoms with Crippen molar-refractivity contribution in [1.82, 2.24) is 0 Å². The van der Waals surface area contributed by atoms with Crippen LogP contribution in [0, 0.1) is 0 Å². The Morgan fingerprint density at radius 3 is 1.89 bits per heavy atom. The Morgan fingerprint density at radius 2 is 1.32 bits per heavy atom. The van der Waals surface area contributed by atoms with Gasteiger partial charge < -0.3 is 39.4 Å². The van der Waals surface area contributed by atoms with Crippen molar-refractivity contribution in [3.63, 3.8) is 0 Å². The van der Waals surface area contributed by atoms with Crippen LogP contribution < -0.4 is 0 Å². The zero-order valence-electron chi connectivity index (χ0n) is 26.4. The molecular weight excluding hydrogens is 568 g/mol. The maximum Gasteiger partial charge on any atom is 0.310 e. The van der Waals surface area contributed by atoms with E-state index in [1.54, 1.807) is 6.08 Å². The molecule has 0 spiro atoms. The number of aliphatic hydroxyl groups excluding tert-OH is 4. The van der Waals surface area contributed by atoms with Crippen molar-refractivity contribution in [2.24, 2.45) is 0 Å². The lowest BCUT2D eigenvalue weighted by atomic mass is 9.99. The third-order valence-electron chi connectivity index (χ3n) is 6.70. The second kappa shape index (κ2) is 25.7. The lowest BCUT2D eigenvalue weighted by Gasteiger charge is -2.39. The van der Waals surface area contributed by atoms with Crippen LogP contribution in [-0.4, -0.2) is 89.0 Å². The summed E-state index contributed by atoms with van der Waals surface area (Å²) in [6.07, 6.45) is 20.5. The number of aliphatic hydroxyl groups is 4. The molecule has 1 aliphatic heterocycles. The van der Waals surface area contributed by atoms with Gasteiger partial charge in [0, 0.05) is 6.42 Å². The molecule has 0 bridgehead atoms. The zero-order chi connectivity index (χ0) is 32.4. The van der Waals surface area contributed by atoms with E-state index in [9.17, 15) is 30.0 Å². The molecule has 0 saturated carbocycles. The van der Waals surface area contributed by atoms with Gasteiger partial charge in [-0.15, -0.1) is 0 Å². The molecule has 1 heterocycles. The van der Waals surface area contributed by atoms with E-state index in [4.69, 9.17) is 18.9 Å². The number of rotatable bonds is 23. The third kappa shape index (κ3) is 18.3. The third-order valence-corrected chi connectivity index (χ3v) is 6.70. The van der Waals surface area contributed by atoms with Crippen molar-refractivity contribution in [2.75, 3.05) is 19.8 Å². The summed E-state index contributed by atoms with van der Waals surface area (Å²) in [6, 6.07) is 0. The highest BCUT2D eigenvalue weighted by Gasteiger charge is 2.44. The predicted molar refractivity (Wildman–Crippen MR) is 168 cm³/mol. The maximum atomic E-state index is 12.5. The number of hydrogen-bond acceptors (Lipinski definition) is 10. The van der Waals surface area contributed by atoms with Crippen molar-refractivity contribution in [2.45, 2.75) is 121 Å². The lowest BCUT2D eigenvalue weighted by molar-refractivity contribution is -0.305. The summed E-state index contributed by atoms with van der Waals surface area (Å²) >= 11 is 0. The van der Waals surface area contributed by atoms with Gasteiger partial charge >= 0.3 is 11.9 Å². The van der Waals surface area contributed by atoms with E-state index < -0.39 is 55.4 Å². The molecule has 1 aliphatic rings. The van der Waals surface area contributed by atoms with Gasteiger partial charge in [0.2, 0.25) is 0 Å². The number of ether oxygens (including phenoxy) is 4. The van der Waals surface area contributed by atoms with E-state index in [0.29, 0.717) is 12.8 Å². The first-order valence-electron chi connectivity index (χ1n) is 15.9. The molecule has 44 heavy (non-hydrogen) atoms. The molecule has 0 amide bonds. The minimum absolute atomic E-state index is 0.00493. The molecule has 0 radical (unpaired) electrons. The zero-order valence-corrected chi connectivity index (χ0v) is 26.4. The van der Waals surface area contributed by atoms with E-state index in [1.807, 2.05) is 12.2 Å². The number of carbonyl (C=O) groups is 2. The van der Waals surface area contributed by atoms with Crippen LogP contribution in [-0.2, 0) is 28.5 Å². The highest BCUT2D eigenvalue weighted by Crippen LogP contribution is 2.22. The van der Waals surface area contributed by atoms with Crippen molar-refractivity contribution < 1.29 is 49.0 Å². The minimum atomic E-state index is -1.61. The average molecular weight is 623 g/mol. The highest BCUT2D eigenvalue weighted by atomic mass is 16.7. The number of carbonyl (C=O) groups excluding carboxylic acids is 2. The molecule has 1 saturated heterocycles. The monoisotopic (exact) mass is 622 g/mol. The minimum Gasteiger partial charge on any atom is -0.462 e. The standard InChI is InChI=1S/C34H54O10/c1-3-5-7-9-10-11-12-13-14-15-16-17-18-19-21-23-30(37)43-27(25-41-29(36)22-20-8-6-4-2)26-42-34-33(40)32(39)31(38)28(24-35)44-34/h5,7,10-11,13-14,16-17,19,21,27-28,31-35,38-40H,3-4,6,8-9,12,15,18,20,22-26H2,1-2H3/b7-5-,11-10-,14-13-,17-16-,21-19-. The number of unbranched alkanes of at least 4 members (excludes halogenated alkanes) is 3. The van der Waals surface area contributed by atoms with Gasteiger partial charge in [0.15, 0.2) is 12.4 Å². The largest absolute Gasteiger partial charge is 0.462 e. The van der Waals surface area contributed by atoms with Crippen LogP contribution in [0.2, 0.25) is 0 Å². The number of allylic oxidation sites excluding steroid dienone is 9. The summed E-state index contributed by atoms with van der Waals surface area (Å²) in [4.78, 5) is 24.7. The fourth-order valence-corrected chi connectivity index (χ4v) is 4.14. The Kier molecular flexibility index (Phi) is 23.0. The topological polar surface area (TPSA) is 152 Å². The van der Waals surface area contributed by atoms with Crippen LogP contribution in [0.3, 0.4) is 0 Å². The Labute approximate surface area is 262 Å². The molecule has 250 valence electrons. The van der Waals surface area contributed by atoms with E-state index in [2.05, 4.69) is 56.4 Å². The second-order valence-electron chi connectivity index (χ2n) is 10.5. The van der Waals surface area contributed by atoms with Gasteiger partial charge in [-0.05, 0) is 38.5 Å². The van der Waals surface area contributed by atoms with Gasteiger partial charge in [0.25, 0.3) is 0 Å². The summed E-state index contributed by atoms with van der Waals surface area (Å²) in [6.45, 7) is 3.01. The molecule has 6 unspecified atom stereocenters. The first kappa shape index (κ1) is 39.4. The Balaban J connectivity index is 2.52. The SMILES string of the molecule is CC/C=C\C/C=C\C/C=C\C/C=C\C/C=C\CC(=O)OC(COC(=O)CCCCCC)COC1OC(CO)C(O)C(O)C1O. The first-order valence-corrected chi connectivity index (χ1v) is 15.9. The molecular formula is C34H54O10. The molecule has 10 heteroatoms. The van der Waals surface area contributed by atoms with Crippen molar-refractivity contribution in [1.29, 1.82) is 0 Å².